The number of benzene rings is 3. The molecule has 2 aromatic heterocycles. The smallest absolute Gasteiger partial charge is 0.360 e. The second kappa shape index (κ2) is 12.0. The van der Waals surface area contributed by atoms with Gasteiger partial charge in [0.1, 0.15) is 0 Å². The first-order chi connectivity index (χ1) is 20.5. The molecule has 10 heteroatoms. The zero-order valence-corrected chi connectivity index (χ0v) is 23.5. The number of nitrogens with one attached hydrogen (secondary N) is 2. The number of alkyl halides is 3. The maximum atomic E-state index is 13.2. The van der Waals surface area contributed by atoms with E-state index in [2.05, 4.69) is 10.3 Å². The van der Waals surface area contributed by atoms with Gasteiger partial charge in [-0.15, -0.1) is 0 Å². The van der Waals surface area contributed by atoms with Crippen LogP contribution in [-0.2, 0) is 17.5 Å². The molecule has 3 aromatic carbocycles. The Morgan fingerprint density at radius 3 is 2.37 bits per heavy atom. The van der Waals surface area contributed by atoms with Crippen molar-refractivity contribution in [3.8, 4) is 11.3 Å². The van der Waals surface area contributed by atoms with Crippen LogP contribution < -0.4 is 5.32 Å². The number of carbonyl (C=O) groups is 3. The fourth-order valence-corrected chi connectivity index (χ4v) is 5.10. The monoisotopic (exact) mass is 586 g/mol. The van der Waals surface area contributed by atoms with E-state index in [4.69, 9.17) is 0 Å². The number of aromatic amines is 1. The van der Waals surface area contributed by atoms with Gasteiger partial charge in [-0.3, -0.25) is 14.4 Å². The predicted molar refractivity (Wildman–Crippen MR) is 159 cm³/mol. The normalized spacial score (nSPS) is 11.5. The molecule has 43 heavy (non-hydrogen) atoms. The van der Waals surface area contributed by atoms with Crippen LogP contribution in [0.25, 0.3) is 22.2 Å². The Morgan fingerprint density at radius 1 is 0.907 bits per heavy atom. The van der Waals surface area contributed by atoms with E-state index in [-0.39, 0.29) is 12.2 Å². The first-order valence-electron chi connectivity index (χ1n) is 13.6. The summed E-state index contributed by atoms with van der Waals surface area (Å²) in [6, 6.07) is 22.9. The summed E-state index contributed by atoms with van der Waals surface area (Å²) in [6.45, 7) is 2.47. The fraction of sp³-hybridized carbons (Fsp3) is 0.182. The molecule has 5 rings (SSSR count). The van der Waals surface area contributed by atoms with Crippen molar-refractivity contribution in [2.45, 2.75) is 26.1 Å². The van der Waals surface area contributed by atoms with E-state index in [1.165, 1.54) is 17.0 Å². The number of H-pyrrole nitrogens is 1. The number of ketones is 1. The number of hydrogen-bond acceptors (Lipinski definition) is 3. The van der Waals surface area contributed by atoms with Gasteiger partial charge in [-0.05, 0) is 49.2 Å². The van der Waals surface area contributed by atoms with Gasteiger partial charge in [-0.25, -0.2) is 0 Å². The third-order valence-electron chi connectivity index (χ3n) is 7.38. The predicted octanol–water partition coefficient (Wildman–Crippen LogP) is 6.95. The van der Waals surface area contributed by atoms with E-state index in [1.807, 2.05) is 47.0 Å². The molecule has 220 valence electrons. The highest BCUT2D eigenvalue weighted by Gasteiger charge is 2.30. The molecule has 2 amide bonds. The number of Topliss-reactive ketones (excluding diaryl/α,β-unsaturated/α-hetero) is 1. The number of hydrogen-bond donors (Lipinski definition) is 2. The van der Waals surface area contributed by atoms with Crippen LogP contribution in [0.2, 0.25) is 0 Å². The van der Waals surface area contributed by atoms with Gasteiger partial charge in [0, 0.05) is 54.3 Å². The molecule has 0 spiro atoms. The molecule has 0 saturated carbocycles. The van der Waals surface area contributed by atoms with Gasteiger partial charge in [0.2, 0.25) is 0 Å². The minimum Gasteiger partial charge on any atom is -0.360 e. The molecular formula is C33H29F3N4O3. The van der Waals surface area contributed by atoms with Crippen LogP contribution in [0.4, 0.5) is 18.9 Å². The molecule has 0 aliphatic carbocycles. The average molecular weight is 587 g/mol. The molecule has 0 saturated heterocycles. The highest BCUT2D eigenvalue weighted by atomic mass is 19.4. The first kappa shape index (κ1) is 29.4. The summed E-state index contributed by atoms with van der Waals surface area (Å²) in [5.41, 5.74) is 2.79. The Labute approximate surface area is 245 Å². The first-order valence-corrected chi connectivity index (χ1v) is 13.6. The van der Waals surface area contributed by atoms with E-state index in [0.29, 0.717) is 35.2 Å². The summed E-state index contributed by atoms with van der Waals surface area (Å²) in [4.78, 5) is 43.6. The molecule has 0 radical (unpaired) electrons. The highest BCUT2D eigenvalue weighted by molar-refractivity contribution is 6.44. The SMILES string of the molecule is Cc1c(C(=O)Nc2cccc(C(F)(F)F)c2)cc(-c2ccccc2)n1CCCN(C)C(=O)C(=O)c1c[nH]c2ccccc12. The number of likely N-dealkylation sites (N-methyl/N-ethyl adjacent to an activating group) is 1. The Hall–Kier alpha value is -5.12. The number of rotatable bonds is 9. The average Bonchev–Trinajstić information content (AvgIpc) is 3.58. The third kappa shape index (κ3) is 6.23. The Balaban J connectivity index is 1.33. The number of anilines is 1. The van der Waals surface area contributed by atoms with Gasteiger partial charge in [0.15, 0.2) is 0 Å². The number of fused-ring (bicyclic) bond motifs is 1. The van der Waals surface area contributed by atoms with Gasteiger partial charge in [-0.1, -0.05) is 54.6 Å². The van der Waals surface area contributed by atoms with Crippen molar-refractivity contribution in [3.05, 3.63) is 114 Å². The Kier molecular flexibility index (Phi) is 8.20. The van der Waals surface area contributed by atoms with E-state index in [0.717, 1.165) is 28.9 Å². The second-order valence-electron chi connectivity index (χ2n) is 10.2. The quantitative estimate of drug-likeness (QED) is 0.145. The topological polar surface area (TPSA) is 87.2 Å². The zero-order valence-electron chi connectivity index (χ0n) is 23.5. The van der Waals surface area contributed by atoms with Crippen molar-refractivity contribution in [2.75, 3.05) is 18.9 Å². The number of amides is 2. The van der Waals surface area contributed by atoms with Crippen molar-refractivity contribution in [2.24, 2.45) is 0 Å². The number of para-hydroxylation sites is 1. The van der Waals surface area contributed by atoms with Gasteiger partial charge < -0.3 is 19.8 Å². The van der Waals surface area contributed by atoms with Crippen LogP contribution in [0, 0.1) is 6.92 Å². The van der Waals surface area contributed by atoms with Gasteiger partial charge in [-0.2, -0.15) is 13.2 Å². The number of aromatic nitrogens is 2. The summed E-state index contributed by atoms with van der Waals surface area (Å²) in [7, 11) is 1.57. The van der Waals surface area contributed by atoms with Crippen molar-refractivity contribution >= 4 is 34.2 Å². The van der Waals surface area contributed by atoms with E-state index in [9.17, 15) is 27.6 Å². The molecule has 5 aromatic rings. The lowest BCUT2D eigenvalue weighted by Gasteiger charge is -2.18. The van der Waals surface area contributed by atoms with Crippen molar-refractivity contribution < 1.29 is 27.6 Å². The molecule has 0 aliphatic rings. The van der Waals surface area contributed by atoms with Gasteiger partial charge >= 0.3 is 6.18 Å². The molecule has 0 unspecified atom stereocenters. The molecule has 0 aliphatic heterocycles. The van der Waals surface area contributed by atoms with Crippen LogP contribution >= 0.6 is 0 Å². The summed E-state index contributed by atoms with van der Waals surface area (Å²) in [5.74, 6) is -1.77. The maximum Gasteiger partial charge on any atom is 0.416 e. The Bertz CT molecular complexity index is 1810. The van der Waals surface area contributed by atoms with Crippen molar-refractivity contribution in [1.29, 1.82) is 0 Å². The molecule has 7 nitrogen and oxygen atoms in total. The minimum absolute atomic E-state index is 0.0354. The highest BCUT2D eigenvalue weighted by Crippen LogP contribution is 2.31. The lowest BCUT2D eigenvalue weighted by atomic mass is 10.1. The van der Waals surface area contributed by atoms with Crippen LogP contribution in [0.15, 0.2) is 91.1 Å². The van der Waals surface area contributed by atoms with Gasteiger partial charge in [0.05, 0.1) is 16.7 Å². The number of nitrogens with zero attached hydrogens (tertiary/aromatic N) is 2. The summed E-state index contributed by atoms with van der Waals surface area (Å²) in [6.07, 6.45) is -2.51. The summed E-state index contributed by atoms with van der Waals surface area (Å²) < 4.78 is 41.5. The standard InChI is InChI=1S/C33H29F3N4O3/c1-21-26(31(42)38-24-13-8-12-23(18-24)33(34,35)36)19-29(22-10-4-3-5-11-22)40(21)17-9-16-39(2)32(43)30(41)27-20-37-28-15-7-6-14-25(27)28/h3-8,10-15,18-20,37H,9,16-17H2,1-2H3,(H,38,42). The summed E-state index contributed by atoms with van der Waals surface area (Å²) in [5, 5.41) is 3.27. The molecule has 2 N–H and O–H groups in total. The largest absolute Gasteiger partial charge is 0.416 e. The van der Waals surface area contributed by atoms with Crippen LogP contribution in [0.5, 0.6) is 0 Å². The second-order valence-corrected chi connectivity index (χ2v) is 10.2. The van der Waals surface area contributed by atoms with E-state index < -0.39 is 29.3 Å². The zero-order chi connectivity index (χ0) is 30.7. The lowest BCUT2D eigenvalue weighted by molar-refractivity contribution is -0.137. The van der Waals surface area contributed by atoms with Crippen molar-refractivity contribution in [3.63, 3.8) is 0 Å². The van der Waals surface area contributed by atoms with E-state index >= 15 is 0 Å². The fourth-order valence-electron chi connectivity index (χ4n) is 5.10. The lowest BCUT2D eigenvalue weighted by Crippen LogP contribution is -2.34. The van der Waals surface area contributed by atoms with Crippen LogP contribution in [-0.4, -0.2) is 45.6 Å². The molecule has 0 atom stereocenters. The van der Waals surface area contributed by atoms with Crippen molar-refractivity contribution in [1.82, 2.24) is 14.5 Å². The number of halogens is 3. The minimum atomic E-state index is -4.53. The maximum absolute atomic E-state index is 13.2. The Morgan fingerprint density at radius 2 is 1.63 bits per heavy atom. The molecule has 0 fully saturated rings. The third-order valence-corrected chi connectivity index (χ3v) is 7.38. The number of carbonyl (C=O) groups excluding carboxylic acids is 3. The van der Waals surface area contributed by atoms with Gasteiger partial charge in [0.25, 0.3) is 17.6 Å². The van der Waals surface area contributed by atoms with Crippen LogP contribution in [0.1, 0.15) is 38.4 Å². The molecule has 0 bridgehead atoms. The summed E-state index contributed by atoms with van der Waals surface area (Å²) >= 11 is 0. The van der Waals surface area contributed by atoms with E-state index in [1.54, 1.807) is 38.4 Å². The molecular weight excluding hydrogens is 557 g/mol. The van der Waals surface area contributed by atoms with Crippen LogP contribution in [0.3, 0.4) is 0 Å². The molecule has 2 heterocycles.